The molecule has 1 aromatic rings. The Kier molecular flexibility index (Phi) is 2.21. The Morgan fingerprint density at radius 1 is 1.21 bits per heavy atom. The maximum absolute atomic E-state index is 11.9. The van der Waals surface area contributed by atoms with Gasteiger partial charge in [-0.1, -0.05) is 6.07 Å². The zero-order valence-electron chi connectivity index (χ0n) is 11.2. The first-order valence-electron chi connectivity index (χ1n) is 6.26. The molecule has 19 heavy (non-hydrogen) atoms. The third-order valence-electron chi connectivity index (χ3n) is 3.68. The highest BCUT2D eigenvalue weighted by atomic mass is 16.5. The van der Waals surface area contributed by atoms with Crippen molar-refractivity contribution in [3.63, 3.8) is 0 Å². The minimum Gasteiger partial charge on any atom is -0.487 e. The molecule has 5 heteroatoms. The fourth-order valence-electron chi connectivity index (χ4n) is 2.67. The number of rotatable bonds is 1. The van der Waals surface area contributed by atoms with E-state index in [1.165, 1.54) is 0 Å². The number of carbonyl (C=O) groups excluding carboxylic acids is 2. The van der Waals surface area contributed by atoms with Gasteiger partial charge >= 0.3 is 6.03 Å². The minimum absolute atomic E-state index is 0.219. The number of imide groups is 1. The van der Waals surface area contributed by atoms with Crippen LogP contribution in [0.1, 0.15) is 31.9 Å². The highest BCUT2D eigenvalue weighted by Gasteiger charge is 2.44. The summed E-state index contributed by atoms with van der Waals surface area (Å²) in [6.07, 6.45) is 0.793. The Balaban J connectivity index is 2.01. The lowest BCUT2D eigenvalue weighted by molar-refractivity contribution is -0.123. The van der Waals surface area contributed by atoms with E-state index in [-0.39, 0.29) is 11.5 Å². The maximum atomic E-state index is 11.9. The monoisotopic (exact) mass is 260 g/mol. The number of hydrogen-bond acceptors (Lipinski definition) is 3. The summed E-state index contributed by atoms with van der Waals surface area (Å²) in [6, 6.07) is 5.17. The smallest absolute Gasteiger partial charge is 0.322 e. The zero-order chi connectivity index (χ0) is 13.8. The number of carbonyl (C=O) groups is 2. The van der Waals surface area contributed by atoms with Crippen molar-refractivity contribution in [3.05, 3.63) is 29.3 Å². The first kappa shape index (κ1) is 12.0. The van der Waals surface area contributed by atoms with Gasteiger partial charge in [-0.3, -0.25) is 10.1 Å². The van der Waals surface area contributed by atoms with Crippen LogP contribution in [-0.4, -0.2) is 17.5 Å². The SMILES string of the molecule is CC1(C)Cc2cc(C3(C)NC(=O)NC3=O)ccc2O1. The quantitative estimate of drug-likeness (QED) is 0.751. The number of fused-ring (bicyclic) bond motifs is 1. The Hall–Kier alpha value is -2.04. The molecule has 3 amide bonds. The van der Waals surface area contributed by atoms with E-state index in [1.807, 2.05) is 32.0 Å². The summed E-state index contributed by atoms with van der Waals surface area (Å²) in [5.41, 5.74) is 0.621. The van der Waals surface area contributed by atoms with E-state index >= 15 is 0 Å². The summed E-state index contributed by atoms with van der Waals surface area (Å²) in [6.45, 7) is 5.76. The third-order valence-corrected chi connectivity index (χ3v) is 3.68. The van der Waals surface area contributed by atoms with Gasteiger partial charge in [0.15, 0.2) is 0 Å². The van der Waals surface area contributed by atoms with Crippen LogP contribution in [0.25, 0.3) is 0 Å². The lowest BCUT2D eigenvalue weighted by atomic mass is 9.89. The van der Waals surface area contributed by atoms with Crippen LogP contribution in [0, 0.1) is 0 Å². The summed E-state index contributed by atoms with van der Waals surface area (Å²) in [5, 5.41) is 4.94. The van der Waals surface area contributed by atoms with Gasteiger partial charge in [0.05, 0.1) is 0 Å². The van der Waals surface area contributed by atoms with Crippen molar-refractivity contribution in [2.45, 2.75) is 38.3 Å². The van der Waals surface area contributed by atoms with Crippen molar-refractivity contribution < 1.29 is 14.3 Å². The average molecular weight is 260 g/mol. The van der Waals surface area contributed by atoms with Crippen LogP contribution in [0.4, 0.5) is 4.79 Å². The molecule has 0 aromatic heterocycles. The first-order valence-corrected chi connectivity index (χ1v) is 6.26. The Bertz CT molecular complexity index is 594. The molecule has 0 radical (unpaired) electrons. The van der Waals surface area contributed by atoms with Crippen LogP contribution >= 0.6 is 0 Å². The molecule has 0 bridgehead atoms. The van der Waals surface area contributed by atoms with E-state index < -0.39 is 11.6 Å². The van der Waals surface area contributed by atoms with Crippen molar-refractivity contribution in [2.75, 3.05) is 0 Å². The number of urea groups is 1. The number of benzene rings is 1. The Morgan fingerprint density at radius 2 is 1.95 bits per heavy atom. The first-order chi connectivity index (χ1) is 8.80. The van der Waals surface area contributed by atoms with E-state index in [4.69, 9.17) is 4.74 Å². The Labute approximate surface area is 111 Å². The minimum atomic E-state index is -1.00. The van der Waals surface area contributed by atoms with Crippen LogP contribution in [-0.2, 0) is 16.8 Å². The van der Waals surface area contributed by atoms with Crippen LogP contribution in [0.15, 0.2) is 18.2 Å². The lowest BCUT2D eigenvalue weighted by Gasteiger charge is -2.21. The molecule has 3 rings (SSSR count). The van der Waals surface area contributed by atoms with Gasteiger partial charge in [0.1, 0.15) is 16.9 Å². The second kappa shape index (κ2) is 3.50. The average Bonchev–Trinajstić information content (AvgIpc) is 2.73. The molecular formula is C14H16N2O3. The number of nitrogens with one attached hydrogen (secondary N) is 2. The van der Waals surface area contributed by atoms with Crippen molar-refractivity contribution in [1.29, 1.82) is 0 Å². The van der Waals surface area contributed by atoms with Crippen molar-refractivity contribution >= 4 is 11.9 Å². The molecule has 1 fully saturated rings. The molecule has 1 unspecified atom stereocenters. The fraction of sp³-hybridized carbons (Fsp3) is 0.429. The second-order valence-electron chi connectivity index (χ2n) is 5.89. The molecule has 2 aliphatic heterocycles. The van der Waals surface area contributed by atoms with E-state index in [0.29, 0.717) is 0 Å². The van der Waals surface area contributed by atoms with E-state index in [1.54, 1.807) is 6.92 Å². The molecule has 0 saturated carbocycles. The molecule has 0 spiro atoms. The van der Waals surface area contributed by atoms with Gasteiger partial charge in [0.2, 0.25) is 0 Å². The molecule has 1 saturated heterocycles. The molecule has 0 aliphatic carbocycles. The maximum Gasteiger partial charge on any atom is 0.322 e. The predicted molar refractivity (Wildman–Crippen MR) is 68.9 cm³/mol. The van der Waals surface area contributed by atoms with Crippen molar-refractivity contribution in [1.82, 2.24) is 10.6 Å². The number of hydrogen-bond donors (Lipinski definition) is 2. The van der Waals surface area contributed by atoms with E-state index in [2.05, 4.69) is 10.6 Å². The normalized spacial score (nSPS) is 27.5. The van der Waals surface area contributed by atoms with Gasteiger partial charge in [-0.2, -0.15) is 0 Å². The number of amides is 3. The molecule has 1 atom stereocenters. The molecular weight excluding hydrogens is 244 g/mol. The summed E-state index contributed by atoms with van der Waals surface area (Å²) >= 11 is 0. The van der Waals surface area contributed by atoms with E-state index in [9.17, 15) is 9.59 Å². The van der Waals surface area contributed by atoms with Gasteiger partial charge < -0.3 is 10.1 Å². The molecule has 2 N–H and O–H groups in total. The predicted octanol–water partition coefficient (Wildman–Crippen LogP) is 1.45. The van der Waals surface area contributed by atoms with Gasteiger partial charge in [-0.25, -0.2) is 4.79 Å². The second-order valence-corrected chi connectivity index (χ2v) is 5.89. The summed E-state index contributed by atoms with van der Waals surface area (Å²) in [5.74, 6) is 0.526. The summed E-state index contributed by atoms with van der Waals surface area (Å²) < 4.78 is 5.80. The van der Waals surface area contributed by atoms with Crippen LogP contribution < -0.4 is 15.4 Å². The topological polar surface area (TPSA) is 67.4 Å². The molecule has 2 heterocycles. The van der Waals surface area contributed by atoms with E-state index in [0.717, 1.165) is 23.3 Å². The summed E-state index contributed by atoms with van der Waals surface area (Å²) in [4.78, 5) is 23.2. The van der Waals surface area contributed by atoms with Crippen LogP contribution in [0.3, 0.4) is 0 Å². The van der Waals surface area contributed by atoms with Gasteiger partial charge in [0, 0.05) is 6.42 Å². The van der Waals surface area contributed by atoms with Crippen LogP contribution in [0.2, 0.25) is 0 Å². The largest absolute Gasteiger partial charge is 0.487 e. The van der Waals surface area contributed by atoms with Gasteiger partial charge in [0.25, 0.3) is 5.91 Å². The Morgan fingerprint density at radius 3 is 2.58 bits per heavy atom. The highest BCUT2D eigenvalue weighted by Crippen LogP contribution is 2.37. The number of ether oxygens (including phenoxy) is 1. The molecule has 100 valence electrons. The summed E-state index contributed by atoms with van der Waals surface area (Å²) in [7, 11) is 0. The molecule has 2 aliphatic rings. The standard InChI is InChI=1S/C14H16N2O3/c1-13(2)7-8-6-9(4-5-10(8)19-13)14(3)11(17)15-12(18)16-14/h4-6H,7H2,1-3H3,(H2,15,16,17,18). The van der Waals surface area contributed by atoms with Crippen LogP contribution in [0.5, 0.6) is 5.75 Å². The van der Waals surface area contributed by atoms with Crippen molar-refractivity contribution in [3.8, 4) is 5.75 Å². The lowest BCUT2D eigenvalue weighted by Crippen LogP contribution is -2.40. The fourth-order valence-corrected chi connectivity index (χ4v) is 2.67. The van der Waals surface area contributed by atoms with Crippen molar-refractivity contribution in [2.24, 2.45) is 0 Å². The molecule has 5 nitrogen and oxygen atoms in total. The van der Waals surface area contributed by atoms with Gasteiger partial charge in [-0.05, 0) is 44.0 Å². The zero-order valence-corrected chi connectivity index (χ0v) is 11.2. The highest BCUT2D eigenvalue weighted by molar-refractivity contribution is 6.07. The van der Waals surface area contributed by atoms with Gasteiger partial charge in [-0.15, -0.1) is 0 Å². The third kappa shape index (κ3) is 1.77. The molecule has 1 aromatic carbocycles.